The van der Waals surface area contributed by atoms with E-state index in [9.17, 15) is 18.8 Å². The predicted molar refractivity (Wildman–Crippen MR) is 120 cm³/mol. The van der Waals surface area contributed by atoms with Gasteiger partial charge in [-0.3, -0.25) is 9.59 Å². The van der Waals surface area contributed by atoms with Crippen molar-refractivity contribution >= 4 is 29.5 Å². The van der Waals surface area contributed by atoms with Crippen molar-refractivity contribution < 1.29 is 28.2 Å². The summed E-state index contributed by atoms with van der Waals surface area (Å²) >= 11 is 1.21. The zero-order valence-corrected chi connectivity index (χ0v) is 19.0. The second-order valence-electron chi connectivity index (χ2n) is 6.74. The number of likely N-dealkylation sites (N-methyl/N-ethyl adjacent to an activating group) is 1. The minimum absolute atomic E-state index is 0.129. The highest BCUT2D eigenvalue weighted by atomic mass is 32.2. The van der Waals surface area contributed by atoms with Crippen LogP contribution in [-0.2, 0) is 25.6 Å². The molecule has 0 fully saturated rings. The largest absolute Gasteiger partial charge is 0.452 e. The first-order valence-corrected chi connectivity index (χ1v) is 11.1. The number of carbonyl (C=O) groups is 3. The third-order valence-corrected chi connectivity index (χ3v) is 5.49. The summed E-state index contributed by atoms with van der Waals surface area (Å²) in [6.45, 7) is 2.79. The van der Waals surface area contributed by atoms with Crippen molar-refractivity contribution in [3.8, 4) is 0 Å². The molecule has 2 rings (SSSR count). The molecule has 1 N–H and O–H groups in total. The molecule has 32 heavy (non-hydrogen) atoms. The molecule has 0 aliphatic rings. The Morgan fingerprint density at radius 1 is 1.12 bits per heavy atom. The normalized spacial score (nSPS) is 10.5. The molecule has 0 saturated heterocycles. The van der Waals surface area contributed by atoms with Gasteiger partial charge >= 0.3 is 5.97 Å². The second-order valence-corrected chi connectivity index (χ2v) is 7.76. The lowest BCUT2D eigenvalue weighted by atomic mass is 10.2. The number of carbonyl (C=O) groups excluding carboxylic acids is 3. The van der Waals surface area contributed by atoms with Crippen LogP contribution < -0.4 is 5.32 Å². The van der Waals surface area contributed by atoms with Gasteiger partial charge in [0.1, 0.15) is 5.82 Å². The van der Waals surface area contributed by atoms with Gasteiger partial charge in [-0.1, -0.05) is 24.3 Å². The van der Waals surface area contributed by atoms with E-state index in [4.69, 9.17) is 9.47 Å². The molecule has 0 aromatic heterocycles. The van der Waals surface area contributed by atoms with Gasteiger partial charge in [-0.25, -0.2) is 9.18 Å². The summed E-state index contributed by atoms with van der Waals surface area (Å²) in [5.41, 5.74) is 0.931. The second kappa shape index (κ2) is 13.5. The van der Waals surface area contributed by atoms with Crippen molar-refractivity contribution in [1.82, 2.24) is 10.2 Å². The summed E-state index contributed by atoms with van der Waals surface area (Å²) in [7, 11) is 1.55. The Kier molecular flexibility index (Phi) is 10.7. The number of benzene rings is 2. The molecule has 0 heterocycles. The van der Waals surface area contributed by atoms with E-state index in [0.29, 0.717) is 30.2 Å². The molecule has 0 bridgehead atoms. The van der Waals surface area contributed by atoms with Crippen molar-refractivity contribution in [1.29, 1.82) is 0 Å². The lowest BCUT2D eigenvalue weighted by Crippen LogP contribution is -2.34. The third kappa shape index (κ3) is 8.32. The molecule has 172 valence electrons. The smallest absolute Gasteiger partial charge is 0.339 e. The molecule has 0 saturated carbocycles. The summed E-state index contributed by atoms with van der Waals surface area (Å²) in [4.78, 5) is 39.0. The molecule has 0 aliphatic carbocycles. The molecule has 2 amide bonds. The van der Waals surface area contributed by atoms with Gasteiger partial charge in [0.2, 0.25) is 5.91 Å². The van der Waals surface area contributed by atoms with Crippen LogP contribution in [-0.4, -0.2) is 61.8 Å². The highest BCUT2D eigenvalue weighted by Gasteiger charge is 2.18. The monoisotopic (exact) mass is 462 g/mol. The quantitative estimate of drug-likeness (QED) is 0.297. The number of methoxy groups -OCH3 is 1. The first-order chi connectivity index (χ1) is 15.4. The van der Waals surface area contributed by atoms with Crippen LogP contribution >= 0.6 is 11.8 Å². The lowest BCUT2D eigenvalue weighted by molar-refractivity contribution is -0.135. The third-order valence-electron chi connectivity index (χ3n) is 4.42. The van der Waals surface area contributed by atoms with Crippen LogP contribution in [0.2, 0.25) is 0 Å². The van der Waals surface area contributed by atoms with Crippen LogP contribution in [0.4, 0.5) is 4.39 Å². The SMILES string of the molecule is CCN(Cc1cccc(F)c1)C(=O)COC(=O)c1ccccc1SCC(=O)NCCOC. The van der Waals surface area contributed by atoms with Crippen LogP contribution in [0.15, 0.2) is 53.4 Å². The number of ether oxygens (including phenoxy) is 2. The number of esters is 1. The van der Waals surface area contributed by atoms with E-state index >= 15 is 0 Å². The van der Waals surface area contributed by atoms with Crippen molar-refractivity contribution in [2.75, 3.05) is 39.2 Å². The van der Waals surface area contributed by atoms with Gasteiger partial charge in [0.15, 0.2) is 6.61 Å². The Morgan fingerprint density at radius 2 is 1.91 bits per heavy atom. The summed E-state index contributed by atoms with van der Waals surface area (Å²) < 4.78 is 23.5. The molecule has 0 unspecified atom stereocenters. The maximum atomic E-state index is 13.4. The van der Waals surface area contributed by atoms with E-state index in [1.165, 1.54) is 28.8 Å². The Morgan fingerprint density at radius 3 is 2.62 bits per heavy atom. The number of hydrogen-bond acceptors (Lipinski definition) is 6. The van der Waals surface area contributed by atoms with Gasteiger partial charge in [0, 0.05) is 31.6 Å². The van der Waals surface area contributed by atoms with E-state index in [1.807, 2.05) is 0 Å². The lowest BCUT2D eigenvalue weighted by Gasteiger charge is -2.21. The topological polar surface area (TPSA) is 84.9 Å². The van der Waals surface area contributed by atoms with Gasteiger partial charge in [0.05, 0.1) is 17.9 Å². The van der Waals surface area contributed by atoms with E-state index in [0.717, 1.165) is 0 Å². The number of halogens is 1. The highest BCUT2D eigenvalue weighted by molar-refractivity contribution is 8.00. The van der Waals surface area contributed by atoms with Gasteiger partial charge < -0.3 is 19.7 Å². The molecule has 0 radical (unpaired) electrons. The molecule has 2 aromatic rings. The fraction of sp³-hybridized carbons (Fsp3) is 0.348. The minimum atomic E-state index is -0.650. The average molecular weight is 463 g/mol. The van der Waals surface area contributed by atoms with Crippen molar-refractivity contribution in [3.63, 3.8) is 0 Å². The molecule has 0 atom stereocenters. The molecular formula is C23H27FN2O5S. The van der Waals surface area contributed by atoms with Crippen molar-refractivity contribution in [2.45, 2.75) is 18.4 Å². The summed E-state index contributed by atoms with van der Waals surface area (Å²) in [5.74, 6) is -1.46. The molecule has 9 heteroatoms. The van der Waals surface area contributed by atoms with Gasteiger partial charge in [-0.15, -0.1) is 11.8 Å². The van der Waals surface area contributed by atoms with E-state index in [-0.39, 0.29) is 35.5 Å². The number of thioether (sulfide) groups is 1. The Hall–Kier alpha value is -2.91. The van der Waals surface area contributed by atoms with E-state index < -0.39 is 12.6 Å². The van der Waals surface area contributed by atoms with Crippen LogP contribution in [0.1, 0.15) is 22.8 Å². The maximum absolute atomic E-state index is 13.4. The standard InChI is InChI=1S/C23H27FN2O5S/c1-3-26(14-17-7-6-8-18(24)13-17)22(28)15-31-23(29)19-9-4-5-10-20(19)32-16-21(27)25-11-12-30-2/h4-10,13H,3,11-12,14-16H2,1-2H3,(H,25,27). The van der Waals surface area contributed by atoms with Crippen molar-refractivity contribution in [3.05, 3.63) is 65.5 Å². The zero-order valence-electron chi connectivity index (χ0n) is 18.1. The first-order valence-electron chi connectivity index (χ1n) is 10.1. The van der Waals surface area contributed by atoms with Crippen LogP contribution in [0.5, 0.6) is 0 Å². The molecule has 0 aliphatic heterocycles. The van der Waals surface area contributed by atoms with Crippen LogP contribution in [0.25, 0.3) is 0 Å². The van der Waals surface area contributed by atoms with Crippen molar-refractivity contribution in [2.24, 2.45) is 0 Å². The first kappa shape index (κ1) is 25.4. The zero-order chi connectivity index (χ0) is 23.3. The molecular weight excluding hydrogens is 435 g/mol. The van der Waals surface area contributed by atoms with Crippen LogP contribution in [0, 0.1) is 5.82 Å². The number of hydrogen-bond donors (Lipinski definition) is 1. The average Bonchev–Trinajstić information content (AvgIpc) is 2.79. The fourth-order valence-corrected chi connectivity index (χ4v) is 3.65. The summed E-state index contributed by atoms with van der Waals surface area (Å²) in [5, 5.41) is 2.71. The number of nitrogens with zero attached hydrogens (tertiary/aromatic N) is 1. The van der Waals surface area contributed by atoms with Gasteiger partial charge in [0.25, 0.3) is 5.91 Å². The van der Waals surface area contributed by atoms with E-state index in [2.05, 4.69) is 5.32 Å². The molecule has 2 aromatic carbocycles. The summed E-state index contributed by atoms with van der Waals surface area (Å²) in [6, 6.07) is 12.7. The summed E-state index contributed by atoms with van der Waals surface area (Å²) in [6.07, 6.45) is 0. The van der Waals surface area contributed by atoms with E-state index in [1.54, 1.807) is 50.4 Å². The van der Waals surface area contributed by atoms with Gasteiger partial charge in [-0.05, 0) is 36.8 Å². The Bertz CT molecular complexity index is 925. The predicted octanol–water partition coefficient (Wildman–Crippen LogP) is 2.89. The number of rotatable bonds is 12. The van der Waals surface area contributed by atoms with Gasteiger partial charge in [-0.2, -0.15) is 0 Å². The number of nitrogens with one attached hydrogen (secondary N) is 1. The van der Waals surface area contributed by atoms with Crippen LogP contribution in [0.3, 0.4) is 0 Å². The Labute approximate surface area is 191 Å². The fourth-order valence-electron chi connectivity index (χ4n) is 2.78. The molecule has 7 nitrogen and oxygen atoms in total. The minimum Gasteiger partial charge on any atom is -0.452 e. The molecule has 0 spiro atoms. The Balaban J connectivity index is 1.91. The maximum Gasteiger partial charge on any atom is 0.339 e. The number of amides is 2. The highest BCUT2D eigenvalue weighted by Crippen LogP contribution is 2.23.